The van der Waals surface area contributed by atoms with Gasteiger partial charge >= 0.3 is 12.2 Å². The van der Waals surface area contributed by atoms with Crippen molar-refractivity contribution in [3.8, 4) is 0 Å². The number of ether oxygens (including phenoxy) is 2. The van der Waals surface area contributed by atoms with E-state index in [1.807, 2.05) is 0 Å². The Labute approximate surface area is 154 Å². The Morgan fingerprint density at radius 2 is 1.81 bits per heavy atom. The molecule has 2 bridgehead atoms. The summed E-state index contributed by atoms with van der Waals surface area (Å²) in [4.78, 5) is 37.6. The van der Waals surface area contributed by atoms with Crippen molar-refractivity contribution in [2.24, 2.45) is 0 Å². The summed E-state index contributed by atoms with van der Waals surface area (Å²) in [7, 11) is 0. The molecule has 2 heterocycles. The molecule has 0 aromatic carbocycles. The van der Waals surface area contributed by atoms with Crippen LogP contribution in [0.3, 0.4) is 0 Å². The Morgan fingerprint density at radius 3 is 2.35 bits per heavy atom. The fourth-order valence-electron chi connectivity index (χ4n) is 3.54. The summed E-state index contributed by atoms with van der Waals surface area (Å²) in [6.45, 7) is 8.89. The van der Waals surface area contributed by atoms with Crippen LogP contribution in [0.5, 0.6) is 0 Å². The highest BCUT2D eigenvalue weighted by Gasteiger charge is 2.44. The van der Waals surface area contributed by atoms with Crippen molar-refractivity contribution in [2.45, 2.75) is 70.2 Å². The number of piperidine rings is 1. The van der Waals surface area contributed by atoms with Gasteiger partial charge in [0.2, 0.25) is 5.91 Å². The van der Waals surface area contributed by atoms with Crippen LogP contribution in [-0.2, 0) is 14.3 Å². The average molecular weight is 367 g/mol. The number of nitrogens with zero attached hydrogens (tertiary/aromatic N) is 1. The lowest BCUT2D eigenvalue weighted by atomic mass is 9.98. The highest BCUT2D eigenvalue weighted by atomic mass is 16.6. The summed E-state index contributed by atoms with van der Waals surface area (Å²) in [5, 5.41) is 5.39. The zero-order valence-corrected chi connectivity index (χ0v) is 15.7. The molecule has 2 aliphatic heterocycles. The number of alkyl carbamates (subject to hydrolysis) is 1. The highest BCUT2D eigenvalue weighted by molar-refractivity contribution is 5.82. The first-order chi connectivity index (χ1) is 12.2. The molecule has 2 fully saturated rings. The number of carbonyl (C=O) groups excluding carboxylic acids is 3. The Balaban J connectivity index is 1.77. The van der Waals surface area contributed by atoms with E-state index >= 15 is 0 Å². The molecular weight excluding hydrogens is 338 g/mol. The maximum atomic E-state index is 12.1. The van der Waals surface area contributed by atoms with Gasteiger partial charge in [0, 0.05) is 18.1 Å². The van der Waals surface area contributed by atoms with E-state index in [0.717, 1.165) is 12.8 Å². The molecule has 2 saturated heterocycles. The fourth-order valence-corrected chi connectivity index (χ4v) is 3.54. The molecule has 0 aliphatic carbocycles. The summed E-state index contributed by atoms with van der Waals surface area (Å²) >= 11 is 0. The van der Waals surface area contributed by atoms with Gasteiger partial charge in [-0.3, -0.25) is 4.79 Å². The summed E-state index contributed by atoms with van der Waals surface area (Å²) in [5.74, 6) is -0.261. The van der Waals surface area contributed by atoms with Crippen LogP contribution in [-0.4, -0.2) is 59.9 Å². The van der Waals surface area contributed by atoms with E-state index in [0.29, 0.717) is 12.8 Å². The van der Waals surface area contributed by atoms with E-state index in [1.165, 1.54) is 0 Å². The third-order valence-corrected chi connectivity index (χ3v) is 4.43. The fraction of sp³-hybridized carbons (Fsp3) is 0.722. The molecule has 3 amide bonds. The molecule has 2 rings (SSSR count). The molecule has 2 N–H and O–H groups in total. The topological polar surface area (TPSA) is 97.0 Å². The third kappa shape index (κ3) is 5.64. The van der Waals surface area contributed by atoms with Gasteiger partial charge in [-0.15, -0.1) is 0 Å². The summed E-state index contributed by atoms with van der Waals surface area (Å²) in [5.41, 5.74) is -0.604. The standard InChI is InChI=1S/C18H29N3O5/c1-5-8-25-17(24)21-13-6-7-14(21)10-12(9-13)20-15(22)11-19-16(23)26-18(2,3)4/h5,12-14H,1,6-11H2,2-4H3,(H,19,23)(H,20,22). The SMILES string of the molecule is C=CCOC(=O)N1C2CCC1CC(NC(=O)CNC(=O)OC(C)(C)C)C2. The van der Waals surface area contributed by atoms with Crippen molar-refractivity contribution in [3.05, 3.63) is 12.7 Å². The number of nitrogens with one attached hydrogen (secondary N) is 2. The molecular formula is C18H29N3O5. The lowest BCUT2D eigenvalue weighted by Crippen LogP contribution is -2.53. The molecule has 0 spiro atoms. The Kier molecular flexibility index (Phi) is 6.50. The molecule has 146 valence electrons. The summed E-state index contributed by atoms with van der Waals surface area (Å²) in [6.07, 6.45) is 3.83. The first kappa shape index (κ1) is 20.1. The lowest BCUT2D eigenvalue weighted by molar-refractivity contribution is -0.121. The molecule has 2 unspecified atom stereocenters. The normalized spacial score (nSPS) is 24.6. The number of fused-ring (bicyclic) bond motifs is 2. The Hall–Kier alpha value is -2.25. The first-order valence-electron chi connectivity index (χ1n) is 9.02. The van der Waals surface area contributed by atoms with Crippen LogP contribution in [0.2, 0.25) is 0 Å². The maximum absolute atomic E-state index is 12.1. The van der Waals surface area contributed by atoms with Gasteiger partial charge < -0.3 is 25.0 Å². The van der Waals surface area contributed by atoms with Crippen LogP contribution in [0.4, 0.5) is 9.59 Å². The quantitative estimate of drug-likeness (QED) is 0.724. The van der Waals surface area contributed by atoms with E-state index < -0.39 is 11.7 Å². The van der Waals surface area contributed by atoms with Crippen molar-refractivity contribution in [3.63, 3.8) is 0 Å². The molecule has 8 heteroatoms. The van der Waals surface area contributed by atoms with Gasteiger partial charge in [0.15, 0.2) is 0 Å². The second kappa shape index (κ2) is 8.42. The lowest BCUT2D eigenvalue weighted by Gasteiger charge is -2.38. The third-order valence-electron chi connectivity index (χ3n) is 4.43. The van der Waals surface area contributed by atoms with Gasteiger partial charge in [-0.2, -0.15) is 0 Å². The van der Waals surface area contributed by atoms with Gasteiger partial charge in [-0.1, -0.05) is 12.7 Å². The molecule has 0 aromatic heterocycles. The number of hydrogen-bond donors (Lipinski definition) is 2. The first-order valence-corrected chi connectivity index (χ1v) is 9.02. The van der Waals surface area contributed by atoms with E-state index in [1.54, 1.807) is 31.7 Å². The molecule has 2 atom stereocenters. The van der Waals surface area contributed by atoms with Crippen molar-refractivity contribution >= 4 is 18.1 Å². The van der Waals surface area contributed by atoms with Crippen LogP contribution in [0.1, 0.15) is 46.5 Å². The van der Waals surface area contributed by atoms with Gasteiger partial charge in [-0.05, 0) is 46.5 Å². The van der Waals surface area contributed by atoms with Crippen LogP contribution < -0.4 is 10.6 Å². The minimum absolute atomic E-state index is 0.0103. The van der Waals surface area contributed by atoms with Gasteiger partial charge in [0.05, 0.1) is 0 Å². The van der Waals surface area contributed by atoms with Crippen LogP contribution in [0.25, 0.3) is 0 Å². The number of carbonyl (C=O) groups is 3. The molecule has 8 nitrogen and oxygen atoms in total. The van der Waals surface area contributed by atoms with Crippen LogP contribution in [0, 0.1) is 0 Å². The van der Waals surface area contributed by atoms with Crippen LogP contribution in [0.15, 0.2) is 12.7 Å². The summed E-state index contributed by atoms with van der Waals surface area (Å²) < 4.78 is 10.3. The maximum Gasteiger partial charge on any atom is 0.410 e. The van der Waals surface area contributed by atoms with Crippen LogP contribution >= 0.6 is 0 Å². The van der Waals surface area contributed by atoms with E-state index in [4.69, 9.17) is 9.47 Å². The number of amides is 3. The van der Waals surface area contributed by atoms with Gasteiger partial charge in [-0.25, -0.2) is 9.59 Å². The summed E-state index contributed by atoms with van der Waals surface area (Å²) in [6, 6.07) is 0.147. The monoisotopic (exact) mass is 367 g/mol. The molecule has 0 radical (unpaired) electrons. The second-order valence-electron chi connectivity index (χ2n) is 7.75. The minimum atomic E-state index is -0.618. The zero-order valence-electron chi connectivity index (χ0n) is 15.7. The van der Waals surface area contributed by atoms with Crippen molar-refractivity contribution < 1.29 is 23.9 Å². The van der Waals surface area contributed by atoms with Crippen molar-refractivity contribution in [1.29, 1.82) is 0 Å². The molecule has 2 aliphatic rings. The molecule has 0 aromatic rings. The predicted molar refractivity (Wildman–Crippen MR) is 95.6 cm³/mol. The zero-order chi connectivity index (χ0) is 19.3. The van der Waals surface area contributed by atoms with E-state index in [2.05, 4.69) is 17.2 Å². The van der Waals surface area contributed by atoms with Crippen molar-refractivity contribution in [2.75, 3.05) is 13.2 Å². The van der Waals surface area contributed by atoms with Gasteiger partial charge in [0.25, 0.3) is 0 Å². The number of rotatable bonds is 5. The largest absolute Gasteiger partial charge is 0.445 e. The molecule has 0 saturated carbocycles. The molecule has 26 heavy (non-hydrogen) atoms. The highest BCUT2D eigenvalue weighted by Crippen LogP contribution is 2.36. The Bertz CT molecular complexity index is 544. The smallest absolute Gasteiger partial charge is 0.410 e. The van der Waals surface area contributed by atoms with Crippen molar-refractivity contribution in [1.82, 2.24) is 15.5 Å². The Morgan fingerprint density at radius 1 is 1.19 bits per heavy atom. The number of hydrogen-bond acceptors (Lipinski definition) is 5. The van der Waals surface area contributed by atoms with Gasteiger partial charge in [0.1, 0.15) is 18.8 Å². The predicted octanol–water partition coefficient (Wildman–Crippen LogP) is 1.95. The second-order valence-corrected chi connectivity index (χ2v) is 7.75. The minimum Gasteiger partial charge on any atom is -0.445 e. The average Bonchev–Trinajstić information content (AvgIpc) is 2.80. The van der Waals surface area contributed by atoms with E-state index in [9.17, 15) is 14.4 Å². The van der Waals surface area contributed by atoms with E-state index in [-0.39, 0.29) is 43.3 Å².